The van der Waals surface area contributed by atoms with Crippen LogP contribution >= 0.6 is 0 Å². The lowest BCUT2D eigenvalue weighted by atomic mass is 10.2. The summed E-state index contributed by atoms with van der Waals surface area (Å²) < 4.78 is 5.27. The Morgan fingerprint density at radius 3 is 2.58 bits per heavy atom. The van der Waals surface area contributed by atoms with E-state index in [4.69, 9.17) is 4.52 Å². The second kappa shape index (κ2) is 4.89. The molecule has 2 aromatic heterocycles. The summed E-state index contributed by atoms with van der Waals surface area (Å²) in [5.41, 5.74) is 2.77. The van der Waals surface area contributed by atoms with Gasteiger partial charge in [0, 0.05) is 36.3 Å². The van der Waals surface area contributed by atoms with E-state index >= 15 is 0 Å². The minimum Gasteiger partial charge on any atom is -0.388 e. The third kappa shape index (κ3) is 2.30. The molecule has 0 aliphatic heterocycles. The third-order valence-corrected chi connectivity index (χ3v) is 2.77. The molecule has 0 aliphatic rings. The number of anilines is 1. The molecule has 1 aromatic carbocycles. The van der Waals surface area contributed by atoms with Crippen molar-refractivity contribution in [2.75, 3.05) is 12.4 Å². The maximum absolute atomic E-state index is 5.27. The second-order valence-corrected chi connectivity index (χ2v) is 3.99. The lowest BCUT2D eigenvalue weighted by Crippen LogP contribution is -1.87. The monoisotopic (exact) mass is 252 g/mol. The van der Waals surface area contributed by atoms with E-state index in [1.807, 2.05) is 43.4 Å². The molecule has 3 aromatic rings. The van der Waals surface area contributed by atoms with Gasteiger partial charge in [-0.15, -0.1) is 0 Å². The molecular weight excluding hydrogens is 240 g/mol. The molecular formula is C14H12N4O. The van der Waals surface area contributed by atoms with Gasteiger partial charge in [-0.25, -0.2) is 0 Å². The van der Waals surface area contributed by atoms with E-state index in [0.29, 0.717) is 11.7 Å². The van der Waals surface area contributed by atoms with Crippen LogP contribution in [0.2, 0.25) is 0 Å². The summed E-state index contributed by atoms with van der Waals surface area (Å²) in [4.78, 5) is 8.40. The molecule has 0 saturated carbocycles. The Kier molecular flexibility index (Phi) is 2.94. The van der Waals surface area contributed by atoms with Gasteiger partial charge in [-0.2, -0.15) is 4.98 Å². The van der Waals surface area contributed by atoms with Crippen LogP contribution in [-0.2, 0) is 0 Å². The largest absolute Gasteiger partial charge is 0.388 e. The number of nitrogens with zero attached hydrogens (tertiary/aromatic N) is 3. The Bertz CT molecular complexity index is 661. The fourth-order valence-electron chi connectivity index (χ4n) is 1.73. The molecule has 94 valence electrons. The lowest BCUT2D eigenvalue weighted by Gasteiger charge is -1.99. The number of pyridine rings is 1. The second-order valence-electron chi connectivity index (χ2n) is 3.99. The smallest absolute Gasteiger partial charge is 0.258 e. The van der Waals surface area contributed by atoms with E-state index < -0.39 is 0 Å². The van der Waals surface area contributed by atoms with Gasteiger partial charge in [-0.05, 0) is 36.4 Å². The van der Waals surface area contributed by atoms with Crippen molar-refractivity contribution in [3.63, 3.8) is 0 Å². The summed E-state index contributed by atoms with van der Waals surface area (Å²) in [6.07, 6.45) is 3.42. The van der Waals surface area contributed by atoms with Crippen molar-refractivity contribution in [3.05, 3.63) is 48.8 Å². The maximum Gasteiger partial charge on any atom is 0.258 e. The molecule has 0 atom stereocenters. The van der Waals surface area contributed by atoms with Gasteiger partial charge in [0.1, 0.15) is 0 Å². The highest BCUT2D eigenvalue weighted by Gasteiger charge is 2.10. The van der Waals surface area contributed by atoms with Gasteiger partial charge in [0.25, 0.3) is 5.89 Å². The molecule has 3 rings (SSSR count). The van der Waals surface area contributed by atoms with Gasteiger partial charge in [-0.3, -0.25) is 4.98 Å². The van der Waals surface area contributed by atoms with Gasteiger partial charge >= 0.3 is 0 Å². The SMILES string of the molecule is CNc1ccc(-c2nc(-c3cccnc3)no2)cc1. The van der Waals surface area contributed by atoms with E-state index in [-0.39, 0.29) is 0 Å². The maximum atomic E-state index is 5.27. The molecule has 5 nitrogen and oxygen atoms in total. The van der Waals surface area contributed by atoms with Crippen molar-refractivity contribution in [3.8, 4) is 22.8 Å². The molecule has 0 bridgehead atoms. The van der Waals surface area contributed by atoms with Crippen LogP contribution in [0, 0.1) is 0 Å². The van der Waals surface area contributed by atoms with Crippen molar-refractivity contribution in [2.45, 2.75) is 0 Å². The minimum atomic E-state index is 0.501. The highest BCUT2D eigenvalue weighted by atomic mass is 16.5. The zero-order valence-corrected chi connectivity index (χ0v) is 10.4. The average Bonchev–Trinajstić information content (AvgIpc) is 2.98. The minimum absolute atomic E-state index is 0.501. The van der Waals surface area contributed by atoms with Gasteiger partial charge < -0.3 is 9.84 Å². The molecule has 0 unspecified atom stereocenters. The Morgan fingerprint density at radius 2 is 1.89 bits per heavy atom. The van der Waals surface area contributed by atoms with E-state index in [1.165, 1.54) is 0 Å². The van der Waals surface area contributed by atoms with Crippen molar-refractivity contribution in [1.82, 2.24) is 15.1 Å². The van der Waals surface area contributed by atoms with E-state index in [0.717, 1.165) is 16.8 Å². The molecule has 5 heteroatoms. The number of hydrogen-bond acceptors (Lipinski definition) is 5. The van der Waals surface area contributed by atoms with Crippen LogP contribution in [0.1, 0.15) is 0 Å². The topological polar surface area (TPSA) is 63.8 Å². The van der Waals surface area contributed by atoms with Crippen LogP contribution in [0.5, 0.6) is 0 Å². The van der Waals surface area contributed by atoms with Gasteiger partial charge in [0.05, 0.1) is 0 Å². The zero-order chi connectivity index (χ0) is 13.1. The predicted octanol–water partition coefficient (Wildman–Crippen LogP) is 2.84. The number of benzene rings is 1. The highest BCUT2D eigenvalue weighted by molar-refractivity contribution is 5.61. The normalized spacial score (nSPS) is 10.4. The molecule has 0 saturated heterocycles. The van der Waals surface area contributed by atoms with Crippen LogP contribution < -0.4 is 5.32 Å². The predicted molar refractivity (Wildman–Crippen MR) is 72.5 cm³/mol. The Balaban J connectivity index is 1.92. The molecule has 0 fully saturated rings. The van der Waals surface area contributed by atoms with Crippen molar-refractivity contribution in [2.24, 2.45) is 0 Å². The molecule has 0 radical (unpaired) electrons. The summed E-state index contributed by atoms with van der Waals surface area (Å²) in [5.74, 6) is 1.04. The van der Waals surface area contributed by atoms with Crippen LogP contribution in [-0.4, -0.2) is 22.2 Å². The first-order valence-corrected chi connectivity index (χ1v) is 5.89. The number of hydrogen-bond donors (Lipinski definition) is 1. The molecule has 0 amide bonds. The van der Waals surface area contributed by atoms with Gasteiger partial charge in [-0.1, -0.05) is 5.16 Å². The fraction of sp³-hybridized carbons (Fsp3) is 0.0714. The summed E-state index contributed by atoms with van der Waals surface area (Å²) in [5, 5.41) is 7.03. The first-order valence-electron chi connectivity index (χ1n) is 5.89. The van der Waals surface area contributed by atoms with Crippen molar-refractivity contribution in [1.29, 1.82) is 0 Å². The van der Waals surface area contributed by atoms with Crippen LogP contribution in [0.15, 0.2) is 53.3 Å². The van der Waals surface area contributed by atoms with E-state index in [2.05, 4.69) is 20.4 Å². The quantitative estimate of drug-likeness (QED) is 0.776. The van der Waals surface area contributed by atoms with Crippen molar-refractivity contribution < 1.29 is 4.52 Å². The number of rotatable bonds is 3. The Morgan fingerprint density at radius 1 is 1.05 bits per heavy atom. The standard InChI is InChI=1S/C14H12N4O/c1-15-12-6-4-10(5-7-12)14-17-13(18-19-14)11-3-2-8-16-9-11/h2-9,15H,1H3. The summed E-state index contributed by atoms with van der Waals surface area (Å²) in [7, 11) is 1.88. The fourth-order valence-corrected chi connectivity index (χ4v) is 1.73. The number of aromatic nitrogens is 3. The van der Waals surface area contributed by atoms with Gasteiger partial charge in [0.15, 0.2) is 0 Å². The highest BCUT2D eigenvalue weighted by Crippen LogP contribution is 2.22. The average molecular weight is 252 g/mol. The molecule has 19 heavy (non-hydrogen) atoms. The Hall–Kier alpha value is -2.69. The third-order valence-electron chi connectivity index (χ3n) is 2.77. The van der Waals surface area contributed by atoms with E-state index in [1.54, 1.807) is 12.4 Å². The first-order chi connectivity index (χ1) is 9.36. The van der Waals surface area contributed by atoms with Crippen molar-refractivity contribution >= 4 is 5.69 Å². The summed E-state index contributed by atoms with van der Waals surface area (Å²) in [6, 6.07) is 11.5. The zero-order valence-electron chi connectivity index (χ0n) is 10.4. The van der Waals surface area contributed by atoms with Crippen LogP contribution in [0.25, 0.3) is 22.8 Å². The Labute approximate surface area is 110 Å². The van der Waals surface area contributed by atoms with E-state index in [9.17, 15) is 0 Å². The number of nitrogens with one attached hydrogen (secondary N) is 1. The molecule has 1 N–H and O–H groups in total. The van der Waals surface area contributed by atoms with Crippen LogP contribution in [0.4, 0.5) is 5.69 Å². The molecule has 0 spiro atoms. The van der Waals surface area contributed by atoms with Gasteiger partial charge in [0.2, 0.25) is 5.82 Å². The molecule has 0 aliphatic carbocycles. The lowest BCUT2D eigenvalue weighted by molar-refractivity contribution is 0.432. The first kappa shape index (κ1) is 11.4. The van der Waals surface area contributed by atoms with Crippen LogP contribution in [0.3, 0.4) is 0 Å². The molecule has 2 heterocycles. The summed E-state index contributed by atoms with van der Waals surface area (Å²) >= 11 is 0. The summed E-state index contributed by atoms with van der Waals surface area (Å²) in [6.45, 7) is 0.